The van der Waals surface area contributed by atoms with E-state index in [1.807, 2.05) is 0 Å². The van der Waals surface area contributed by atoms with Gasteiger partial charge >= 0.3 is 0 Å². The van der Waals surface area contributed by atoms with Crippen molar-refractivity contribution in [3.63, 3.8) is 0 Å². The molecule has 4 unspecified atom stereocenters. The summed E-state index contributed by atoms with van der Waals surface area (Å²) in [5.41, 5.74) is -0.00992. The number of rotatable bonds is 3. The van der Waals surface area contributed by atoms with Crippen molar-refractivity contribution in [2.75, 3.05) is 0 Å². The van der Waals surface area contributed by atoms with Crippen LogP contribution in [0.1, 0.15) is 12.8 Å². The number of hydrogen-bond acceptors (Lipinski definition) is 2. The molecule has 0 aromatic carbocycles. The zero-order valence-corrected chi connectivity index (χ0v) is 9.00. The molecule has 0 saturated carbocycles. The molecule has 82 valence electrons. The van der Waals surface area contributed by atoms with Crippen LogP contribution in [0.15, 0.2) is 48.6 Å². The van der Waals surface area contributed by atoms with Gasteiger partial charge in [0, 0.05) is 0 Å². The molecule has 0 radical (unpaired) electrons. The largest absolute Gasteiger partial charge is 0.357 e. The molecule has 4 rings (SSSR count). The Morgan fingerprint density at radius 1 is 0.750 bits per heavy atom. The van der Waals surface area contributed by atoms with Gasteiger partial charge in [-0.3, -0.25) is 0 Å². The standard InChI is InChI=1S/C14H14O2/c1-3-7-13(11(5-1)15-13)9-10-14-8-4-2-6-12(14)16-14/h1-8,11-12H,9-10H2. The molecule has 0 N–H and O–H groups in total. The van der Waals surface area contributed by atoms with E-state index in [0.717, 1.165) is 12.8 Å². The van der Waals surface area contributed by atoms with Gasteiger partial charge in [-0.2, -0.15) is 0 Å². The first-order chi connectivity index (χ1) is 7.83. The van der Waals surface area contributed by atoms with Crippen molar-refractivity contribution >= 4 is 0 Å². The lowest BCUT2D eigenvalue weighted by Crippen LogP contribution is -2.20. The second-order valence-electron chi connectivity index (χ2n) is 4.97. The molecular weight excluding hydrogens is 200 g/mol. The Bertz CT molecular complexity index is 404. The normalized spacial score (nSPS) is 50.0. The van der Waals surface area contributed by atoms with Gasteiger partial charge in [0.15, 0.2) is 0 Å². The van der Waals surface area contributed by atoms with Crippen molar-refractivity contribution < 1.29 is 9.47 Å². The van der Waals surface area contributed by atoms with E-state index in [2.05, 4.69) is 48.6 Å². The van der Waals surface area contributed by atoms with Crippen LogP contribution >= 0.6 is 0 Å². The maximum absolute atomic E-state index is 5.75. The Morgan fingerprint density at radius 3 is 1.69 bits per heavy atom. The van der Waals surface area contributed by atoms with Gasteiger partial charge in [0.25, 0.3) is 0 Å². The van der Waals surface area contributed by atoms with Crippen molar-refractivity contribution in [2.45, 2.75) is 36.3 Å². The van der Waals surface area contributed by atoms with Gasteiger partial charge < -0.3 is 9.47 Å². The Labute approximate surface area is 94.9 Å². The topological polar surface area (TPSA) is 25.1 Å². The van der Waals surface area contributed by atoms with Crippen LogP contribution in [-0.4, -0.2) is 23.4 Å². The number of hydrogen-bond donors (Lipinski definition) is 0. The summed E-state index contributed by atoms with van der Waals surface area (Å²) in [4.78, 5) is 0. The third kappa shape index (κ3) is 1.14. The van der Waals surface area contributed by atoms with E-state index in [9.17, 15) is 0 Å². The van der Waals surface area contributed by atoms with Gasteiger partial charge in [-0.15, -0.1) is 0 Å². The minimum atomic E-state index is -0.00496. The fourth-order valence-electron chi connectivity index (χ4n) is 2.80. The van der Waals surface area contributed by atoms with Crippen LogP contribution in [0.5, 0.6) is 0 Å². The molecule has 2 heteroatoms. The van der Waals surface area contributed by atoms with Gasteiger partial charge in [0.1, 0.15) is 23.4 Å². The van der Waals surface area contributed by atoms with E-state index in [4.69, 9.17) is 9.47 Å². The van der Waals surface area contributed by atoms with E-state index < -0.39 is 0 Å². The quantitative estimate of drug-likeness (QED) is 0.673. The second kappa shape index (κ2) is 2.76. The number of ether oxygens (including phenoxy) is 2. The lowest BCUT2D eigenvalue weighted by Gasteiger charge is -2.13. The van der Waals surface area contributed by atoms with Crippen LogP contribution in [0.4, 0.5) is 0 Å². The summed E-state index contributed by atoms with van der Waals surface area (Å²) in [6.45, 7) is 0. The van der Waals surface area contributed by atoms with E-state index in [0.29, 0.717) is 12.2 Å². The van der Waals surface area contributed by atoms with Gasteiger partial charge in [-0.1, -0.05) is 36.5 Å². The van der Waals surface area contributed by atoms with Crippen molar-refractivity contribution in [1.29, 1.82) is 0 Å². The highest BCUT2D eigenvalue weighted by Crippen LogP contribution is 2.51. The third-order valence-corrected chi connectivity index (χ3v) is 4.00. The minimum Gasteiger partial charge on any atom is -0.357 e. The fraction of sp³-hybridized carbons (Fsp3) is 0.429. The predicted molar refractivity (Wildman–Crippen MR) is 61.0 cm³/mol. The second-order valence-corrected chi connectivity index (χ2v) is 4.97. The molecule has 0 aromatic heterocycles. The summed E-state index contributed by atoms with van der Waals surface area (Å²) in [7, 11) is 0. The monoisotopic (exact) mass is 214 g/mol. The molecule has 16 heavy (non-hydrogen) atoms. The SMILES string of the molecule is C1=CC2OC2(CCC23C=CC=CC2O3)C=C1. The number of epoxide rings is 2. The smallest absolute Gasteiger partial charge is 0.117 e. The average molecular weight is 214 g/mol. The molecule has 2 heterocycles. The molecule has 4 atom stereocenters. The first-order valence-electron chi connectivity index (χ1n) is 5.91. The highest BCUT2D eigenvalue weighted by Gasteiger charge is 2.59. The first-order valence-corrected chi connectivity index (χ1v) is 5.91. The molecule has 0 amide bonds. The number of fused-ring (bicyclic) bond motifs is 2. The van der Waals surface area contributed by atoms with Crippen LogP contribution in [0, 0.1) is 0 Å². The van der Waals surface area contributed by atoms with Crippen LogP contribution in [-0.2, 0) is 9.47 Å². The first kappa shape index (κ1) is 8.97. The van der Waals surface area contributed by atoms with Crippen molar-refractivity contribution in [3.8, 4) is 0 Å². The summed E-state index contributed by atoms with van der Waals surface area (Å²) in [5, 5.41) is 0. The molecule has 4 aliphatic rings. The molecule has 2 nitrogen and oxygen atoms in total. The summed E-state index contributed by atoms with van der Waals surface area (Å²) < 4.78 is 11.5. The average Bonchev–Trinajstić information content (AvgIpc) is 3.20. The maximum atomic E-state index is 5.75. The summed E-state index contributed by atoms with van der Waals surface area (Å²) in [6, 6.07) is 0. The Balaban J connectivity index is 1.44. The summed E-state index contributed by atoms with van der Waals surface area (Å²) in [5.74, 6) is 0. The van der Waals surface area contributed by atoms with E-state index in [1.54, 1.807) is 0 Å². The Kier molecular flexibility index (Phi) is 1.55. The van der Waals surface area contributed by atoms with Crippen molar-refractivity contribution in [2.24, 2.45) is 0 Å². The van der Waals surface area contributed by atoms with Gasteiger partial charge in [0.05, 0.1) is 0 Å². The molecule has 0 spiro atoms. The minimum absolute atomic E-state index is 0.00496. The highest BCUT2D eigenvalue weighted by atomic mass is 16.6. The molecule has 0 bridgehead atoms. The Morgan fingerprint density at radius 2 is 1.25 bits per heavy atom. The zero-order valence-electron chi connectivity index (χ0n) is 9.00. The van der Waals surface area contributed by atoms with Gasteiger partial charge in [0.2, 0.25) is 0 Å². The fourth-order valence-corrected chi connectivity index (χ4v) is 2.80. The summed E-state index contributed by atoms with van der Waals surface area (Å²) >= 11 is 0. The van der Waals surface area contributed by atoms with E-state index in [1.165, 1.54) is 0 Å². The van der Waals surface area contributed by atoms with Crippen LogP contribution in [0.2, 0.25) is 0 Å². The van der Waals surface area contributed by atoms with E-state index >= 15 is 0 Å². The van der Waals surface area contributed by atoms with Crippen LogP contribution in [0.25, 0.3) is 0 Å². The van der Waals surface area contributed by atoms with Gasteiger partial charge in [-0.25, -0.2) is 0 Å². The zero-order chi connectivity index (χ0) is 10.6. The molecule has 2 saturated heterocycles. The summed E-state index contributed by atoms with van der Waals surface area (Å²) in [6.07, 6.45) is 19.7. The lowest BCUT2D eigenvalue weighted by atomic mass is 9.88. The van der Waals surface area contributed by atoms with E-state index in [-0.39, 0.29) is 11.2 Å². The van der Waals surface area contributed by atoms with Crippen LogP contribution in [0.3, 0.4) is 0 Å². The molecule has 2 aliphatic heterocycles. The molecule has 0 aromatic rings. The maximum Gasteiger partial charge on any atom is 0.117 e. The lowest BCUT2D eigenvalue weighted by molar-refractivity contribution is 0.281. The Hall–Kier alpha value is -1.12. The van der Waals surface area contributed by atoms with Gasteiger partial charge in [-0.05, 0) is 25.0 Å². The number of allylic oxidation sites excluding steroid dienone is 4. The van der Waals surface area contributed by atoms with Crippen LogP contribution < -0.4 is 0 Å². The highest BCUT2D eigenvalue weighted by molar-refractivity contribution is 5.34. The molecular formula is C14H14O2. The third-order valence-electron chi connectivity index (χ3n) is 4.00. The molecule has 2 aliphatic carbocycles. The van der Waals surface area contributed by atoms with Crippen molar-refractivity contribution in [3.05, 3.63) is 48.6 Å². The van der Waals surface area contributed by atoms with Crippen molar-refractivity contribution in [1.82, 2.24) is 0 Å². The molecule has 2 fully saturated rings. The predicted octanol–water partition coefficient (Wildman–Crippen LogP) is 2.29.